The number of aromatic nitrogens is 7. The maximum absolute atomic E-state index is 14.0. The first-order valence-electron chi connectivity index (χ1n) is 21.9. The molecule has 19 nitrogen and oxygen atoms in total. The van der Waals surface area contributed by atoms with Gasteiger partial charge in [-0.15, -0.1) is 0 Å². The van der Waals surface area contributed by atoms with Crippen molar-refractivity contribution in [3.05, 3.63) is 126 Å². The van der Waals surface area contributed by atoms with Gasteiger partial charge in [-0.1, -0.05) is 66.7 Å². The maximum Gasteiger partial charge on any atom is 0.490 e. The summed E-state index contributed by atoms with van der Waals surface area (Å²) >= 11 is 0. The van der Waals surface area contributed by atoms with Gasteiger partial charge in [0.05, 0.1) is 36.8 Å². The second-order valence-corrected chi connectivity index (χ2v) is 17.2. The number of piperidine rings is 1. The summed E-state index contributed by atoms with van der Waals surface area (Å²) in [5, 5.41) is 56.1. The Labute approximate surface area is 388 Å². The van der Waals surface area contributed by atoms with E-state index < -0.39 is 47.9 Å². The highest BCUT2D eigenvalue weighted by atomic mass is 19.4. The summed E-state index contributed by atoms with van der Waals surface area (Å²) in [6.07, 6.45) is 0.809. The highest BCUT2D eigenvalue weighted by Gasteiger charge is 2.45. The highest BCUT2D eigenvalue weighted by molar-refractivity contribution is 5.94. The van der Waals surface area contributed by atoms with E-state index in [2.05, 4.69) is 65.5 Å². The van der Waals surface area contributed by atoms with E-state index in [9.17, 15) is 38.1 Å². The third kappa shape index (κ3) is 11.9. The average molecular weight is 943 g/mol. The minimum absolute atomic E-state index is 0.00281. The molecule has 1 aliphatic heterocycles. The number of carbonyl (C=O) groups is 3. The average Bonchev–Trinajstić information content (AvgIpc) is 4.06. The van der Waals surface area contributed by atoms with Gasteiger partial charge in [0.25, 0.3) is 5.91 Å². The summed E-state index contributed by atoms with van der Waals surface area (Å²) in [6.45, 7) is 5.46. The number of amides is 3. The zero-order valence-corrected chi connectivity index (χ0v) is 37.2. The number of carboxylic acid groups (broad SMARTS) is 1. The van der Waals surface area contributed by atoms with Gasteiger partial charge in [-0.2, -0.15) is 18.3 Å². The van der Waals surface area contributed by atoms with Crippen molar-refractivity contribution in [2.75, 3.05) is 36.4 Å². The Bertz CT molecular complexity index is 2590. The van der Waals surface area contributed by atoms with Crippen molar-refractivity contribution in [2.24, 2.45) is 0 Å². The summed E-state index contributed by atoms with van der Waals surface area (Å²) in [7, 11) is 0. The van der Waals surface area contributed by atoms with Crippen molar-refractivity contribution in [2.45, 2.75) is 87.7 Å². The molecule has 2 fully saturated rings. The highest BCUT2D eigenvalue weighted by Crippen LogP contribution is 2.40. The van der Waals surface area contributed by atoms with Gasteiger partial charge in [0.15, 0.2) is 11.5 Å². The Morgan fingerprint density at radius 3 is 2.09 bits per heavy atom. The lowest BCUT2D eigenvalue weighted by Gasteiger charge is -2.34. The molecular formula is C46H53F3N12O7. The number of nitrogens with zero attached hydrogens (tertiary/aromatic N) is 8. The Morgan fingerprint density at radius 2 is 1.50 bits per heavy atom. The lowest BCUT2D eigenvalue weighted by atomic mass is 9.91. The fourth-order valence-electron chi connectivity index (χ4n) is 8.29. The third-order valence-corrected chi connectivity index (χ3v) is 11.8. The van der Waals surface area contributed by atoms with Gasteiger partial charge in [-0.3, -0.25) is 9.48 Å². The minimum atomic E-state index is -5.08. The molecule has 2 aromatic carbocycles. The topological polar surface area (TPSA) is 258 Å². The van der Waals surface area contributed by atoms with Crippen LogP contribution in [0.15, 0.2) is 104 Å². The van der Waals surface area contributed by atoms with E-state index in [0.717, 1.165) is 42.9 Å². The first-order chi connectivity index (χ1) is 32.5. The van der Waals surface area contributed by atoms with Crippen molar-refractivity contribution < 1.29 is 48.0 Å². The van der Waals surface area contributed by atoms with Gasteiger partial charge in [0, 0.05) is 56.1 Å². The Balaban J connectivity index is 0.000000908. The van der Waals surface area contributed by atoms with E-state index in [1.165, 1.54) is 12.5 Å². The predicted octanol–water partition coefficient (Wildman–Crippen LogP) is 4.17. The molecule has 4 aromatic heterocycles. The predicted molar refractivity (Wildman–Crippen MR) is 243 cm³/mol. The zero-order valence-electron chi connectivity index (χ0n) is 37.2. The van der Waals surface area contributed by atoms with E-state index in [0.29, 0.717) is 23.4 Å². The van der Waals surface area contributed by atoms with Crippen LogP contribution in [0, 0.1) is 0 Å². The van der Waals surface area contributed by atoms with Crippen molar-refractivity contribution >= 4 is 40.7 Å². The molecule has 0 spiro atoms. The van der Waals surface area contributed by atoms with Gasteiger partial charge in [-0.25, -0.2) is 29.5 Å². The van der Waals surface area contributed by atoms with E-state index in [-0.39, 0.29) is 49.0 Å². The maximum atomic E-state index is 14.0. The first-order valence-corrected chi connectivity index (χ1v) is 21.9. The van der Waals surface area contributed by atoms with E-state index in [1.807, 2.05) is 68.4 Å². The Hall–Kier alpha value is -7.17. The minimum Gasteiger partial charge on any atom is -0.475 e. The molecule has 1 saturated heterocycles. The largest absolute Gasteiger partial charge is 0.490 e. The zero-order chi connectivity index (χ0) is 48.6. The fraction of sp³-hybridized carbons (Fsp3) is 0.391. The summed E-state index contributed by atoms with van der Waals surface area (Å²) in [5.74, 6) is -2.31. The molecule has 8 rings (SSSR count). The molecule has 2 aliphatic rings. The number of rotatable bonds is 14. The van der Waals surface area contributed by atoms with Crippen LogP contribution in [0.3, 0.4) is 0 Å². The number of aliphatic carboxylic acids is 1. The van der Waals surface area contributed by atoms with Gasteiger partial charge in [0.2, 0.25) is 5.82 Å². The van der Waals surface area contributed by atoms with Crippen LogP contribution in [0.2, 0.25) is 0 Å². The number of urea groups is 1. The number of hydrogen-bond donors (Lipinski definition) is 8. The molecule has 1 saturated carbocycles. The number of carbonyl (C=O) groups excluding carboxylic acids is 2. The lowest BCUT2D eigenvalue weighted by Crippen LogP contribution is -2.56. The normalized spacial score (nSPS) is 18.8. The molecule has 68 heavy (non-hydrogen) atoms. The third-order valence-electron chi connectivity index (χ3n) is 11.8. The first kappa shape index (κ1) is 48.8. The smallest absolute Gasteiger partial charge is 0.475 e. The molecule has 6 aromatic rings. The van der Waals surface area contributed by atoms with Crippen molar-refractivity contribution in [1.29, 1.82) is 0 Å². The molecule has 1 aliphatic carbocycles. The molecule has 0 bridgehead atoms. The SMILES string of the molecule is CC(C)(CNC(=O)c1nc(NCC(c2ccccc2)c2ccccc2)c2ncn([C@@H]3C[C@H](n4cc(CO)cn4)[C@@H](O)[C@H]3O)c2n1)NC(=O)NC1CCN(c2ccccn2)CC1.O=C(O)C(F)(F)F. The van der Waals surface area contributed by atoms with Crippen LogP contribution >= 0.6 is 0 Å². The molecule has 0 radical (unpaired) electrons. The summed E-state index contributed by atoms with van der Waals surface area (Å²) in [5.41, 5.74) is 2.58. The number of fused-ring (bicyclic) bond motifs is 1. The second kappa shape index (κ2) is 21.2. The Kier molecular flexibility index (Phi) is 15.2. The van der Waals surface area contributed by atoms with Crippen molar-refractivity contribution in [1.82, 2.24) is 50.2 Å². The molecule has 22 heteroatoms. The van der Waals surface area contributed by atoms with E-state index in [1.54, 1.807) is 21.6 Å². The quantitative estimate of drug-likeness (QED) is 0.0763. The summed E-state index contributed by atoms with van der Waals surface area (Å²) in [4.78, 5) is 56.8. The number of pyridine rings is 1. The number of anilines is 2. The number of benzene rings is 2. The molecule has 0 unspecified atom stereocenters. The van der Waals surface area contributed by atoms with Crippen LogP contribution in [0.4, 0.5) is 29.6 Å². The monoisotopic (exact) mass is 942 g/mol. The van der Waals surface area contributed by atoms with Crippen molar-refractivity contribution in [3.8, 4) is 0 Å². The van der Waals surface area contributed by atoms with Gasteiger partial charge in [-0.05, 0) is 56.4 Å². The number of halogens is 3. The summed E-state index contributed by atoms with van der Waals surface area (Å²) < 4.78 is 35.0. The van der Waals surface area contributed by atoms with Crippen LogP contribution in [0.25, 0.3) is 11.2 Å². The number of imidazole rings is 1. The van der Waals surface area contributed by atoms with Gasteiger partial charge >= 0.3 is 18.2 Å². The van der Waals surface area contributed by atoms with Gasteiger partial charge in [0.1, 0.15) is 23.5 Å². The van der Waals surface area contributed by atoms with E-state index >= 15 is 0 Å². The van der Waals surface area contributed by atoms with E-state index in [4.69, 9.17) is 19.9 Å². The molecule has 8 N–H and O–H groups in total. The molecule has 5 heterocycles. The fourth-order valence-corrected chi connectivity index (χ4v) is 8.29. The number of alkyl halides is 3. The van der Waals surface area contributed by atoms with Crippen molar-refractivity contribution in [3.63, 3.8) is 0 Å². The summed E-state index contributed by atoms with van der Waals surface area (Å²) in [6, 6.07) is 24.4. The number of carboxylic acids is 1. The van der Waals surface area contributed by atoms with Crippen LogP contribution in [0.5, 0.6) is 0 Å². The molecule has 360 valence electrons. The lowest BCUT2D eigenvalue weighted by molar-refractivity contribution is -0.192. The number of nitrogens with one attached hydrogen (secondary N) is 4. The molecule has 4 atom stereocenters. The number of aliphatic hydroxyl groups excluding tert-OH is 3. The Morgan fingerprint density at radius 1 is 0.868 bits per heavy atom. The van der Waals surface area contributed by atoms with Crippen LogP contribution in [-0.2, 0) is 11.4 Å². The second-order valence-electron chi connectivity index (χ2n) is 17.2. The molecular weight excluding hydrogens is 890 g/mol. The standard InChI is InChI=1S/C44H52N12O5.C2HF3O2/c1-44(2,53-43(61)50-31-16-19-54(20-17-31)35-15-9-10-18-45-35)26-47-42(60)40-51-39(46-23-32(29-11-5-3-6-12-29)30-13-7-4-8-14-30)36-41(52-40)55(27-48-36)33-21-34(38(59)37(33)58)56-24-28(25-57)22-49-56;3-2(4,5)1(6)7/h3-15,18,22,24,27,31-34,37-38,57-59H,16-17,19-21,23,25-26H2,1-2H3,(H,47,60)(H,46,51,52)(H2,50,53,61);(H,6,7)/t33-,34+,37+,38-;/m1./s1. The number of aliphatic hydroxyl groups is 3. The van der Waals surface area contributed by atoms with Crippen LogP contribution in [0.1, 0.15) is 78.4 Å². The van der Waals surface area contributed by atoms with Gasteiger partial charge < -0.3 is 51.2 Å². The van der Waals surface area contributed by atoms with Crippen LogP contribution in [-0.4, -0.2) is 129 Å². The number of hydrogen-bond acceptors (Lipinski definition) is 13. The van der Waals surface area contributed by atoms with Crippen LogP contribution < -0.4 is 26.2 Å². The molecule has 3 amide bonds.